The summed E-state index contributed by atoms with van der Waals surface area (Å²) in [5.41, 5.74) is 1.66. The van der Waals surface area contributed by atoms with Crippen molar-refractivity contribution in [1.82, 2.24) is 15.2 Å². The van der Waals surface area contributed by atoms with Crippen LogP contribution in [0.4, 0.5) is 5.13 Å². The number of amides is 1. The average Bonchev–Trinajstić information content (AvgIpc) is 3.30. The topological polar surface area (TPSA) is 77.0 Å². The standard InChI is InChI=1S/C19H22N4O2S2/c1-5-12(6-2)18-22-23-19(27-18)21-16(24)15-11(3)20-17(26-15)13-7-9-14(25-4)10-8-13/h7-10,12H,5-6H2,1-4H3,(H,21,23,24). The number of nitrogens with zero attached hydrogens (tertiary/aromatic N) is 3. The van der Waals surface area contributed by atoms with E-state index >= 15 is 0 Å². The largest absolute Gasteiger partial charge is 0.497 e. The van der Waals surface area contributed by atoms with Crippen LogP contribution in [0.3, 0.4) is 0 Å². The number of aromatic nitrogens is 3. The lowest BCUT2D eigenvalue weighted by Crippen LogP contribution is -2.11. The van der Waals surface area contributed by atoms with Gasteiger partial charge in [-0.15, -0.1) is 21.5 Å². The second-order valence-corrected chi connectivity index (χ2v) is 8.08. The Morgan fingerprint density at radius 3 is 2.48 bits per heavy atom. The molecule has 2 aromatic heterocycles. The maximum atomic E-state index is 12.7. The molecule has 27 heavy (non-hydrogen) atoms. The molecule has 0 aliphatic rings. The van der Waals surface area contributed by atoms with Crippen molar-refractivity contribution in [2.24, 2.45) is 0 Å². The third kappa shape index (κ3) is 4.33. The van der Waals surface area contributed by atoms with E-state index in [0.717, 1.165) is 34.2 Å². The SMILES string of the molecule is CCC(CC)c1nnc(NC(=O)c2sc(-c3ccc(OC)cc3)nc2C)s1. The van der Waals surface area contributed by atoms with Crippen molar-refractivity contribution in [2.45, 2.75) is 39.5 Å². The van der Waals surface area contributed by atoms with Gasteiger partial charge < -0.3 is 4.74 Å². The van der Waals surface area contributed by atoms with Gasteiger partial charge in [-0.1, -0.05) is 25.2 Å². The lowest BCUT2D eigenvalue weighted by molar-refractivity contribution is 0.102. The number of carbonyl (C=O) groups excluding carboxylic acids is 1. The molecule has 0 atom stereocenters. The van der Waals surface area contributed by atoms with Crippen LogP contribution in [-0.4, -0.2) is 28.2 Å². The molecule has 0 spiro atoms. The number of ether oxygens (including phenoxy) is 1. The van der Waals surface area contributed by atoms with Gasteiger partial charge in [-0.05, 0) is 44.0 Å². The molecule has 0 aliphatic carbocycles. The lowest BCUT2D eigenvalue weighted by Gasteiger charge is -2.05. The van der Waals surface area contributed by atoms with Crippen LogP contribution in [0.15, 0.2) is 24.3 Å². The van der Waals surface area contributed by atoms with Gasteiger partial charge in [0, 0.05) is 11.5 Å². The van der Waals surface area contributed by atoms with Gasteiger partial charge >= 0.3 is 0 Å². The molecule has 0 saturated carbocycles. The van der Waals surface area contributed by atoms with Gasteiger partial charge in [0.05, 0.1) is 12.8 Å². The number of hydrogen-bond donors (Lipinski definition) is 1. The van der Waals surface area contributed by atoms with Gasteiger partial charge in [-0.2, -0.15) is 0 Å². The normalized spacial score (nSPS) is 11.0. The number of nitrogens with one attached hydrogen (secondary N) is 1. The fraction of sp³-hybridized carbons (Fsp3) is 0.368. The molecule has 1 aromatic carbocycles. The molecule has 8 heteroatoms. The van der Waals surface area contributed by atoms with E-state index in [1.165, 1.54) is 22.7 Å². The van der Waals surface area contributed by atoms with E-state index in [4.69, 9.17) is 4.74 Å². The molecule has 6 nitrogen and oxygen atoms in total. The number of hydrogen-bond acceptors (Lipinski definition) is 7. The van der Waals surface area contributed by atoms with Gasteiger partial charge in [-0.3, -0.25) is 10.1 Å². The lowest BCUT2D eigenvalue weighted by atomic mass is 10.1. The van der Waals surface area contributed by atoms with Crippen molar-refractivity contribution in [2.75, 3.05) is 12.4 Å². The summed E-state index contributed by atoms with van der Waals surface area (Å²) in [6, 6.07) is 7.63. The second kappa shape index (κ2) is 8.58. The zero-order chi connectivity index (χ0) is 19.4. The maximum absolute atomic E-state index is 12.7. The Bertz CT molecular complexity index is 914. The monoisotopic (exact) mass is 402 g/mol. The Labute approximate surface area is 166 Å². The Hall–Kier alpha value is -2.32. The highest BCUT2D eigenvalue weighted by Gasteiger charge is 2.19. The highest BCUT2D eigenvalue weighted by Crippen LogP contribution is 2.31. The summed E-state index contributed by atoms with van der Waals surface area (Å²) < 4.78 is 5.18. The van der Waals surface area contributed by atoms with Crippen molar-refractivity contribution >= 4 is 33.7 Å². The van der Waals surface area contributed by atoms with Crippen molar-refractivity contribution in [3.8, 4) is 16.3 Å². The first-order valence-corrected chi connectivity index (χ1v) is 10.5. The molecule has 0 aliphatic heterocycles. The fourth-order valence-electron chi connectivity index (χ4n) is 2.71. The molecule has 0 saturated heterocycles. The zero-order valence-corrected chi connectivity index (χ0v) is 17.4. The van der Waals surface area contributed by atoms with Gasteiger partial charge in [0.25, 0.3) is 5.91 Å². The molecule has 2 heterocycles. The second-order valence-electron chi connectivity index (χ2n) is 6.08. The van der Waals surface area contributed by atoms with Crippen molar-refractivity contribution in [1.29, 1.82) is 0 Å². The predicted octanol–water partition coefficient (Wildman–Crippen LogP) is 5.13. The number of benzene rings is 1. The summed E-state index contributed by atoms with van der Waals surface area (Å²) >= 11 is 2.81. The molecule has 0 radical (unpaired) electrons. The minimum absolute atomic E-state index is 0.197. The first kappa shape index (κ1) is 19.4. The summed E-state index contributed by atoms with van der Waals surface area (Å²) in [4.78, 5) is 17.8. The van der Waals surface area contributed by atoms with E-state index < -0.39 is 0 Å². The third-order valence-electron chi connectivity index (χ3n) is 4.34. The first-order chi connectivity index (χ1) is 13.0. The Morgan fingerprint density at radius 2 is 1.85 bits per heavy atom. The minimum Gasteiger partial charge on any atom is -0.497 e. The van der Waals surface area contributed by atoms with E-state index in [-0.39, 0.29) is 5.91 Å². The van der Waals surface area contributed by atoms with Crippen LogP contribution in [0.2, 0.25) is 0 Å². The molecule has 0 bridgehead atoms. The van der Waals surface area contributed by atoms with Gasteiger partial charge in [0.1, 0.15) is 20.6 Å². The number of thiazole rings is 1. The van der Waals surface area contributed by atoms with Crippen LogP contribution in [0.1, 0.15) is 53.0 Å². The van der Waals surface area contributed by atoms with Gasteiger partial charge in [0.2, 0.25) is 5.13 Å². The molecular formula is C19H22N4O2S2. The number of rotatable bonds is 7. The minimum atomic E-state index is -0.197. The summed E-state index contributed by atoms with van der Waals surface area (Å²) in [6.45, 7) is 6.11. The summed E-state index contributed by atoms with van der Waals surface area (Å²) in [7, 11) is 1.63. The highest BCUT2D eigenvalue weighted by molar-refractivity contribution is 7.17. The molecule has 0 fully saturated rings. The van der Waals surface area contributed by atoms with Crippen LogP contribution < -0.4 is 10.1 Å². The van der Waals surface area contributed by atoms with Gasteiger partial charge in [0.15, 0.2) is 0 Å². The fourth-order valence-corrected chi connectivity index (χ4v) is 4.68. The molecule has 1 amide bonds. The number of aryl methyl sites for hydroxylation is 1. The molecular weight excluding hydrogens is 380 g/mol. The Kier molecular flexibility index (Phi) is 6.18. The van der Waals surface area contributed by atoms with Crippen LogP contribution in [0.5, 0.6) is 5.75 Å². The molecule has 3 aromatic rings. The number of methoxy groups -OCH3 is 1. The quantitative estimate of drug-likeness (QED) is 0.592. The number of anilines is 1. The third-order valence-corrected chi connectivity index (χ3v) is 6.54. The predicted molar refractivity (Wildman–Crippen MR) is 110 cm³/mol. The van der Waals surface area contributed by atoms with E-state index in [1.54, 1.807) is 7.11 Å². The highest BCUT2D eigenvalue weighted by atomic mass is 32.1. The van der Waals surface area contributed by atoms with Crippen molar-refractivity contribution < 1.29 is 9.53 Å². The van der Waals surface area contributed by atoms with E-state index in [1.807, 2.05) is 31.2 Å². The van der Waals surface area contributed by atoms with Crippen molar-refractivity contribution in [3.63, 3.8) is 0 Å². The molecule has 3 rings (SSSR count). The van der Waals surface area contributed by atoms with Crippen LogP contribution in [0, 0.1) is 6.92 Å². The van der Waals surface area contributed by atoms with Crippen LogP contribution in [0.25, 0.3) is 10.6 Å². The van der Waals surface area contributed by atoms with E-state index in [9.17, 15) is 4.79 Å². The Balaban J connectivity index is 1.76. The van der Waals surface area contributed by atoms with E-state index in [2.05, 4.69) is 34.3 Å². The van der Waals surface area contributed by atoms with E-state index in [0.29, 0.717) is 21.6 Å². The molecule has 0 unspecified atom stereocenters. The molecule has 142 valence electrons. The number of carbonyl (C=O) groups is 1. The maximum Gasteiger partial charge on any atom is 0.269 e. The van der Waals surface area contributed by atoms with Gasteiger partial charge in [-0.25, -0.2) is 4.98 Å². The molecule has 1 N–H and O–H groups in total. The summed E-state index contributed by atoms with van der Waals surface area (Å²) in [5.74, 6) is 0.978. The first-order valence-electron chi connectivity index (χ1n) is 8.82. The van der Waals surface area contributed by atoms with Crippen LogP contribution in [-0.2, 0) is 0 Å². The van der Waals surface area contributed by atoms with Crippen LogP contribution >= 0.6 is 22.7 Å². The smallest absolute Gasteiger partial charge is 0.269 e. The summed E-state index contributed by atoms with van der Waals surface area (Å²) in [6.07, 6.45) is 2.02. The Morgan fingerprint density at radius 1 is 1.15 bits per heavy atom. The van der Waals surface area contributed by atoms with Crippen molar-refractivity contribution in [3.05, 3.63) is 39.8 Å². The summed E-state index contributed by atoms with van der Waals surface area (Å²) in [5, 5.41) is 13.5. The zero-order valence-electron chi connectivity index (χ0n) is 15.8. The average molecular weight is 403 g/mol.